The van der Waals surface area contributed by atoms with Crippen LogP contribution in [-0.4, -0.2) is 24.0 Å². The molecule has 4 atom stereocenters. The highest BCUT2D eigenvalue weighted by molar-refractivity contribution is 5.29. The van der Waals surface area contributed by atoms with Gasteiger partial charge >= 0.3 is 0 Å². The number of rotatable bonds is 0. The van der Waals surface area contributed by atoms with Gasteiger partial charge in [0.05, 0.1) is 0 Å². The molecule has 3 rings (SSSR count). The van der Waals surface area contributed by atoms with E-state index in [1.54, 1.807) is 0 Å². The van der Waals surface area contributed by atoms with E-state index in [0.717, 1.165) is 0 Å². The van der Waals surface area contributed by atoms with E-state index in [4.69, 9.17) is 0 Å². The summed E-state index contributed by atoms with van der Waals surface area (Å²) in [6, 6.07) is 1.01. The largest absolute Gasteiger partial charge is 0.292 e. The summed E-state index contributed by atoms with van der Waals surface area (Å²) in [5.74, 6) is 1.06. The minimum absolute atomic E-state index is 0.507. The summed E-state index contributed by atoms with van der Waals surface area (Å²) in [5, 5.41) is 0. The zero-order valence-corrected chi connectivity index (χ0v) is 9.53. The summed E-state index contributed by atoms with van der Waals surface area (Å²) in [6.07, 6.45) is 22.5. The number of allylic oxidation sites excluding steroid dienone is 4. The monoisotopic (exact) mass is 211 g/mol. The SMILES string of the molecule is CN1C2C=CC=CC2C=CC2C=CC=C[C@H]21. The molecule has 3 aliphatic rings. The third-order valence-corrected chi connectivity index (χ3v) is 3.79. The lowest BCUT2D eigenvalue weighted by atomic mass is 9.93. The summed E-state index contributed by atoms with van der Waals surface area (Å²) in [5.41, 5.74) is 0. The molecule has 16 heavy (non-hydrogen) atoms. The molecule has 0 aromatic carbocycles. The highest BCUT2D eigenvalue weighted by Crippen LogP contribution is 2.30. The standard InChI is InChI=1S/C15H17N/c1-16-14-8-4-2-6-12(14)10-11-13-7-3-5-9-15(13)16/h2-15H,1H3/t12?,13?,14-,15?/m1/s1. The van der Waals surface area contributed by atoms with Crippen molar-refractivity contribution in [3.05, 3.63) is 60.8 Å². The highest BCUT2D eigenvalue weighted by Gasteiger charge is 2.31. The molecule has 1 heterocycles. The van der Waals surface area contributed by atoms with Crippen LogP contribution < -0.4 is 0 Å². The second-order valence-corrected chi connectivity index (χ2v) is 4.73. The Hall–Kier alpha value is -1.34. The van der Waals surface area contributed by atoms with Crippen molar-refractivity contribution in [1.29, 1.82) is 0 Å². The van der Waals surface area contributed by atoms with Crippen LogP contribution in [0.5, 0.6) is 0 Å². The fraction of sp³-hybridized carbons (Fsp3) is 0.333. The summed E-state index contributed by atoms with van der Waals surface area (Å²) >= 11 is 0. The van der Waals surface area contributed by atoms with Crippen LogP contribution in [0.15, 0.2) is 60.8 Å². The summed E-state index contributed by atoms with van der Waals surface area (Å²) in [4.78, 5) is 2.48. The Morgan fingerprint density at radius 2 is 1.06 bits per heavy atom. The van der Waals surface area contributed by atoms with Crippen molar-refractivity contribution in [1.82, 2.24) is 4.90 Å². The average Bonchev–Trinajstić information content (AvgIpc) is 2.49. The third kappa shape index (κ3) is 1.52. The number of nitrogens with zero attached hydrogens (tertiary/aromatic N) is 1. The van der Waals surface area contributed by atoms with Gasteiger partial charge < -0.3 is 0 Å². The molecule has 1 aliphatic heterocycles. The number of likely N-dealkylation sites (N-methyl/N-ethyl adjacent to an activating group) is 1. The number of hydrogen-bond acceptors (Lipinski definition) is 1. The summed E-state index contributed by atoms with van der Waals surface area (Å²) < 4.78 is 0. The van der Waals surface area contributed by atoms with E-state index >= 15 is 0 Å². The molecular formula is C15H17N. The van der Waals surface area contributed by atoms with E-state index in [0.29, 0.717) is 23.9 Å². The lowest BCUT2D eigenvalue weighted by molar-refractivity contribution is 0.202. The minimum atomic E-state index is 0.507. The van der Waals surface area contributed by atoms with Crippen LogP contribution in [0.4, 0.5) is 0 Å². The van der Waals surface area contributed by atoms with Gasteiger partial charge in [-0.1, -0.05) is 60.8 Å². The maximum Gasteiger partial charge on any atom is 0.0382 e. The fourth-order valence-electron chi connectivity index (χ4n) is 2.85. The first kappa shape index (κ1) is 9.86. The van der Waals surface area contributed by atoms with E-state index < -0.39 is 0 Å². The Morgan fingerprint density at radius 1 is 0.625 bits per heavy atom. The molecule has 0 N–H and O–H groups in total. The predicted octanol–water partition coefficient (Wildman–Crippen LogP) is 2.71. The van der Waals surface area contributed by atoms with E-state index in [9.17, 15) is 0 Å². The molecule has 0 aromatic heterocycles. The van der Waals surface area contributed by atoms with Gasteiger partial charge in [-0.2, -0.15) is 0 Å². The van der Waals surface area contributed by atoms with Crippen molar-refractivity contribution in [2.45, 2.75) is 12.1 Å². The Balaban J connectivity index is 1.97. The molecule has 0 saturated carbocycles. The van der Waals surface area contributed by atoms with Crippen molar-refractivity contribution in [2.75, 3.05) is 7.05 Å². The van der Waals surface area contributed by atoms with Gasteiger partial charge in [0.1, 0.15) is 0 Å². The highest BCUT2D eigenvalue weighted by atomic mass is 15.2. The van der Waals surface area contributed by atoms with Gasteiger partial charge in [0.15, 0.2) is 0 Å². The normalized spacial score (nSPS) is 40.6. The summed E-state index contributed by atoms with van der Waals surface area (Å²) in [7, 11) is 2.23. The van der Waals surface area contributed by atoms with Crippen molar-refractivity contribution in [2.24, 2.45) is 11.8 Å². The third-order valence-electron chi connectivity index (χ3n) is 3.79. The lowest BCUT2D eigenvalue weighted by Gasteiger charge is -2.36. The molecule has 0 aromatic rings. The first-order valence-corrected chi connectivity index (χ1v) is 5.96. The molecule has 0 radical (unpaired) electrons. The summed E-state index contributed by atoms with van der Waals surface area (Å²) in [6.45, 7) is 0. The van der Waals surface area contributed by atoms with Crippen molar-refractivity contribution < 1.29 is 0 Å². The topological polar surface area (TPSA) is 3.24 Å². The Morgan fingerprint density at radius 3 is 1.56 bits per heavy atom. The molecule has 2 aliphatic carbocycles. The van der Waals surface area contributed by atoms with Crippen molar-refractivity contribution in [3.63, 3.8) is 0 Å². The van der Waals surface area contributed by atoms with Crippen LogP contribution in [0.1, 0.15) is 0 Å². The Labute approximate surface area is 97.1 Å². The molecule has 0 spiro atoms. The molecular weight excluding hydrogens is 194 g/mol. The van der Waals surface area contributed by atoms with Gasteiger partial charge in [0.2, 0.25) is 0 Å². The van der Waals surface area contributed by atoms with E-state index in [2.05, 4.69) is 72.7 Å². The quantitative estimate of drug-likeness (QED) is 0.557. The predicted molar refractivity (Wildman–Crippen MR) is 68.0 cm³/mol. The molecule has 3 unspecified atom stereocenters. The first-order valence-electron chi connectivity index (χ1n) is 5.96. The van der Waals surface area contributed by atoms with Gasteiger partial charge in [0, 0.05) is 23.9 Å². The van der Waals surface area contributed by atoms with E-state index in [1.165, 1.54) is 0 Å². The van der Waals surface area contributed by atoms with Crippen LogP contribution in [0.25, 0.3) is 0 Å². The van der Waals surface area contributed by atoms with Crippen molar-refractivity contribution >= 4 is 0 Å². The molecule has 0 saturated heterocycles. The van der Waals surface area contributed by atoms with Crippen LogP contribution in [0.2, 0.25) is 0 Å². The maximum absolute atomic E-state index is 2.48. The van der Waals surface area contributed by atoms with Gasteiger partial charge in [-0.15, -0.1) is 0 Å². The fourth-order valence-corrected chi connectivity index (χ4v) is 2.85. The smallest absolute Gasteiger partial charge is 0.0382 e. The maximum atomic E-state index is 2.48. The van der Waals surface area contributed by atoms with Gasteiger partial charge in [-0.25, -0.2) is 0 Å². The molecule has 82 valence electrons. The second-order valence-electron chi connectivity index (χ2n) is 4.73. The van der Waals surface area contributed by atoms with Crippen LogP contribution in [-0.2, 0) is 0 Å². The minimum Gasteiger partial charge on any atom is -0.292 e. The molecule has 0 amide bonds. The molecule has 1 heteroatoms. The number of fused-ring (bicyclic) bond motifs is 2. The van der Waals surface area contributed by atoms with E-state index in [-0.39, 0.29) is 0 Å². The Kier molecular flexibility index (Phi) is 2.41. The van der Waals surface area contributed by atoms with Gasteiger partial charge in [0.25, 0.3) is 0 Å². The van der Waals surface area contributed by atoms with Crippen LogP contribution >= 0.6 is 0 Å². The first-order chi connectivity index (χ1) is 7.86. The zero-order chi connectivity index (χ0) is 11.0. The van der Waals surface area contributed by atoms with Crippen LogP contribution in [0.3, 0.4) is 0 Å². The molecule has 0 fully saturated rings. The lowest BCUT2D eigenvalue weighted by Crippen LogP contribution is -2.43. The van der Waals surface area contributed by atoms with Crippen LogP contribution in [0, 0.1) is 11.8 Å². The Bertz CT molecular complexity index is 373. The van der Waals surface area contributed by atoms with Gasteiger partial charge in [-0.3, -0.25) is 4.90 Å². The molecule has 0 bridgehead atoms. The van der Waals surface area contributed by atoms with E-state index in [1.807, 2.05) is 0 Å². The molecule has 1 nitrogen and oxygen atoms in total. The average molecular weight is 211 g/mol. The number of hydrogen-bond donors (Lipinski definition) is 0. The van der Waals surface area contributed by atoms with Crippen molar-refractivity contribution in [3.8, 4) is 0 Å². The zero-order valence-electron chi connectivity index (χ0n) is 9.53. The van der Waals surface area contributed by atoms with Gasteiger partial charge in [-0.05, 0) is 7.05 Å². The second kappa shape index (κ2) is 3.91.